The first-order valence-electron chi connectivity index (χ1n) is 11.0. The van der Waals surface area contributed by atoms with Crippen molar-refractivity contribution >= 4 is 71.7 Å². The zero-order valence-electron chi connectivity index (χ0n) is 18.8. The van der Waals surface area contributed by atoms with E-state index < -0.39 is 5.82 Å². The van der Waals surface area contributed by atoms with Crippen LogP contribution in [0.5, 0.6) is 5.75 Å². The van der Waals surface area contributed by atoms with E-state index in [-0.39, 0.29) is 30.0 Å². The van der Waals surface area contributed by atoms with Crippen LogP contribution in [-0.2, 0) is 17.9 Å². The molecular weight excluding hydrogens is 611 g/mol. The van der Waals surface area contributed by atoms with Gasteiger partial charge in [0.2, 0.25) is 0 Å². The number of thioether (sulfide) groups is 1. The number of nitrogens with zero attached hydrogens (tertiary/aromatic N) is 2. The Morgan fingerprint density at radius 3 is 2.50 bits per heavy atom. The number of para-hydroxylation sites is 1. The number of carbonyl (C=O) groups is 2. The number of halogens is 3. The van der Waals surface area contributed by atoms with Crippen molar-refractivity contribution in [2.75, 3.05) is 6.61 Å². The van der Waals surface area contributed by atoms with Gasteiger partial charge in [-0.1, -0.05) is 56.1 Å². The first kappa shape index (κ1) is 24.8. The smallest absolute Gasteiger partial charge is 0.293 e. The van der Waals surface area contributed by atoms with E-state index in [1.54, 1.807) is 24.3 Å². The Labute approximate surface area is 228 Å². The zero-order valence-corrected chi connectivity index (χ0v) is 22.8. The number of imide groups is 1. The number of aromatic nitrogens is 1. The SMILES string of the molecule is O=C1S/C(=C\c2cn(CCOc3ccccc3F)c3ccc(Br)cc23)C(=O)N1Cc1ccc(Br)cc1. The fourth-order valence-electron chi connectivity index (χ4n) is 3.96. The van der Waals surface area contributed by atoms with E-state index in [0.29, 0.717) is 11.4 Å². The van der Waals surface area contributed by atoms with Crippen molar-refractivity contribution in [3.8, 4) is 5.75 Å². The van der Waals surface area contributed by atoms with E-state index in [9.17, 15) is 14.0 Å². The molecule has 0 radical (unpaired) electrons. The number of hydrogen-bond donors (Lipinski definition) is 0. The Hall–Kier alpha value is -2.88. The first-order valence-corrected chi connectivity index (χ1v) is 13.4. The maximum Gasteiger partial charge on any atom is 0.293 e. The van der Waals surface area contributed by atoms with E-state index in [2.05, 4.69) is 31.9 Å². The van der Waals surface area contributed by atoms with Crippen molar-refractivity contribution in [3.05, 3.63) is 104 Å². The summed E-state index contributed by atoms with van der Waals surface area (Å²) in [6, 6.07) is 19.7. The number of benzene rings is 3. The minimum atomic E-state index is -0.404. The molecule has 0 atom stereocenters. The van der Waals surface area contributed by atoms with E-state index in [1.807, 2.05) is 53.2 Å². The van der Waals surface area contributed by atoms with Crippen molar-refractivity contribution in [2.24, 2.45) is 0 Å². The minimum absolute atomic E-state index is 0.205. The van der Waals surface area contributed by atoms with Crippen LogP contribution in [0.25, 0.3) is 17.0 Å². The summed E-state index contributed by atoms with van der Waals surface area (Å²) in [5.74, 6) is -0.513. The standard InChI is InChI=1S/C27H19Br2FN2O3S/c28-19-7-5-17(6-8-19)15-32-26(33)25(36-27(32)34)13-18-16-31(23-10-9-20(29)14-21(18)23)11-12-35-24-4-2-1-3-22(24)30/h1-10,13-14,16H,11-12,15H2/b25-13-. The third-order valence-electron chi connectivity index (χ3n) is 5.71. The lowest BCUT2D eigenvalue weighted by atomic mass is 10.1. The predicted molar refractivity (Wildman–Crippen MR) is 147 cm³/mol. The van der Waals surface area contributed by atoms with E-state index >= 15 is 0 Å². The third-order valence-corrected chi connectivity index (χ3v) is 7.64. The summed E-state index contributed by atoms with van der Waals surface area (Å²) in [4.78, 5) is 27.4. The average Bonchev–Trinajstić information content (AvgIpc) is 3.33. The Kier molecular flexibility index (Phi) is 7.32. The quantitative estimate of drug-likeness (QED) is 0.197. The Morgan fingerprint density at radius 1 is 0.972 bits per heavy atom. The summed E-state index contributed by atoms with van der Waals surface area (Å²) < 4.78 is 23.3. The van der Waals surface area contributed by atoms with E-state index in [0.717, 1.165) is 42.7 Å². The summed E-state index contributed by atoms with van der Waals surface area (Å²) in [7, 11) is 0. The lowest BCUT2D eigenvalue weighted by Crippen LogP contribution is -2.27. The van der Waals surface area contributed by atoms with Gasteiger partial charge >= 0.3 is 0 Å². The van der Waals surface area contributed by atoms with Crippen molar-refractivity contribution in [2.45, 2.75) is 13.1 Å². The number of fused-ring (bicyclic) bond motifs is 1. The second-order valence-electron chi connectivity index (χ2n) is 8.11. The maximum atomic E-state index is 13.9. The molecule has 1 aliphatic rings. The van der Waals surface area contributed by atoms with Gasteiger partial charge in [-0.15, -0.1) is 0 Å². The molecule has 0 unspecified atom stereocenters. The van der Waals surface area contributed by atoms with Gasteiger partial charge in [0, 0.05) is 31.6 Å². The van der Waals surface area contributed by atoms with Crippen molar-refractivity contribution in [3.63, 3.8) is 0 Å². The van der Waals surface area contributed by atoms with Crippen LogP contribution in [-0.4, -0.2) is 27.2 Å². The van der Waals surface area contributed by atoms with Crippen LogP contribution in [0, 0.1) is 5.82 Å². The highest BCUT2D eigenvalue weighted by molar-refractivity contribution is 9.10. The van der Waals surface area contributed by atoms with Crippen molar-refractivity contribution in [1.29, 1.82) is 0 Å². The molecule has 1 saturated heterocycles. The van der Waals surface area contributed by atoms with Gasteiger partial charge in [0.05, 0.1) is 18.0 Å². The molecule has 182 valence electrons. The van der Waals surface area contributed by atoms with Crippen LogP contribution in [0.1, 0.15) is 11.1 Å². The Balaban J connectivity index is 1.39. The minimum Gasteiger partial charge on any atom is -0.489 e. The highest BCUT2D eigenvalue weighted by Gasteiger charge is 2.35. The highest BCUT2D eigenvalue weighted by Crippen LogP contribution is 2.35. The molecule has 0 aliphatic carbocycles. The number of carbonyl (C=O) groups excluding carboxylic acids is 2. The van der Waals surface area contributed by atoms with Crippen LogP contribution in [0.4, 0.5) is 9.18 Å². The van der Waals surface area contributed by atoms with Gasteiger partial charge in [-0.25, -0.2) is 4.39 Å². The van der Waals surface area contributed by atoms with E-state index in [4.69, 9.17) is 4.74 Å². The average molecular weight is 630 g/mol. The van der Waals surface area contributed by atoms with Crippen LogP contribution < -0.4 is 4.74 Å². The molecule has 4 aromatic rings. The normalized spacial score (nSPS) is 14.9. The molecule has 0 N–H and O–H groups in total. The summed E-state index contributed by atoms with van der Waals surface area (Å²) in [5, 5.41) is 0.632. The molecular formula is C27H19Br2FN2O3S. The van der Waals surface area contributed by atoms with Gasteiger partial charge in [-0.3, -0.25) is 14.5 Å². The lowest BCUT2D eigenvalue weighted by molar-refractivity contribution is -0.123. The second kappa shape index (κ2) is 10.6. The summed E-state index contributed by atoms with van der Waals surface area (Å²) >= 11 is 7.85. The Bertz CT molecular complexity index is 1500. The molecule has 5 rings (SSSR count). The fourth-order valence-corrected chi connectivity index (χ4v) is 5.42. The molecule has 36 heavy (non-hydrogen) atoms. The molecule has 9 heteroatoms. The van der Waals surface area contributed by atoms with Crippen LogP contribution in [0.15, 0.2) is 86.8 Å². The van der Waals surface area contributed by atoms with Crippen LogP contribution in [0.3, 0.4) is 0 Å². The molecule has 5 nitrogen and oxygen atoms in total. The number of hydrogen-bond acceptors (Lipinski definition) is 4. The highest BCUT2D eigenvalue weighted by atomic mass is 79.9. The predicted octanol–water partition coefficient (Wildman–Crippen LogP) is 7.62. The number of amides is 2. The molecule has 3 aromatic carbocycles. The van der Waals surface area contributed by atoms with Crippen LogP contribution in [0.2, 0.25) is 0 Å². The molecule has 1 fully saturated rings. The molecule has 2 amide bonds. The summed E-state index contributed by atoms with van der Waals surface area (Å²) in [5.41, 5.74) is 2.62. The first-order chi connectivity index (χ1) is 17.4. The number of rotatable bonds is 7. The Morgan fingerprint density at radius 2 is 1.72 bits per heavy atom. The van der Waals surface area contributed by atoms with Gasteiger partial charge in [0.25, 0.3) is 11.1 Å². The molecule has 0 spiro atoms. The van der Waals surface area contributed by atoms with Crippen molar-refractivity contribution < 1.29 is 18.7 Å². The summed E-state index contributed by atoms with van der Waals surface area (Å²) in [6.45, 7) is 0.964. The third kappa shape index (κ3) is 5.28. The van der Waals surface area contributed by atoms with Gasteiger partial charge in [-0.05, 0) is 65.9 Å². The number of ether oxygens (including phenoxy) is 1. The molecule has 1 aliphatic heterocycles. The lowest BCUT2D eigenvalue weighted by Gasteiger charge is -2.12. The van der Waals surface area contributed by atoms with Gasteiger partial charge < -0.3 is 9.30 Å². The monoisotopic (exact) mass is 628 g/mol. The van der Waals surface area contributed by atoms with Crippen LogP contribution >= 0.6 is 43.6 Å². The summed E-state index contributed by atoms with van der Waals surface area (Å²) in [6.07, 6.45) is 3.68. The maximum absolute atomic E-state index is 13.9. The van der Waals surface area contributed by atoms with Crippen molar-refractivity contribution in [1.82, 2.24) is 9.47 Å². The molecule has 0 saturated carbocycles. The van der Waals surface area contributed by atoms with E-state index in [1.165, 1.54) is 11.0 Å². The molecule has 1 aromatic heterocycles. The molecule has 2 heterocycles. The largest absolute Gasteiger partial charge is 0.489 e. The van der Waals surface area contributed by atoms with Gasteiger partial charge in [-0.2, -0.15) is 0 Å². The van der Waals surface area contributed by atoms with Gasteiger partial charge in [0.15, 0.2) is 11.6 Å². The zero-order chi connectivity index (χ0) is 25.2. The second-order valence-corrected chi connectivity index (χ2v) is 10.9. The fraction of sp³-hybridized carbons (Fsp3) is 0.111. The topological polar surface area (TPSA) is 51.5 Å². The molecule has 0 bridgehead atoms. The van der Waals surface area contributed by atoms with Gasteiger partial charge in [0.1, 0.15) is 6.61 Å².